The fourth-order valence-corrected chi connectivity index (χ4v) is 9.98. The lowest BCUT2D eigenvalue weighted by molar-refractivity contribution is -0.167. The van der Waals surface area contributed by atoms with Gasteiger partial charge in [0.25, 0.3) is 0 Å². The molecule has 0 aliphatic rings. The number of hydrogen-bond acceptors (Lipinski definition) is 6. The average molecular weight is 1070 g/mol. The minimum atomic E-state index is -0.770. The molecule has 0 aromatic heterocycles. The summed E-state index contributed by atoms with van der Waals surface area (Å²) in [7, 11) is 0. The fraction of sp³-hybridized carbons (Fsp3) is 0.843. The Balaban J connectivity index is 4.04. The second-order valence-corrected chi connectivity index (χ2v) is 22.7. The Morgan fingerprint density at radius 3 is 0.750 bits per heavy atom. The maximum atomic E-state index is 12.9. The highest BCUT2D eigenvalue weighted by molar-refractivity contribution is 5.71. The number of rotatable bonds is 62. The molecule has 0 heterocycles. The molecule has 444 valence electrons. The molecular formula is C70H128O6. The van der Waals surface area contributed by atoms with E-state index < -0.39 is 6.10 Å². The van der Waals surface area contributed by atoms with Gasteiger partial charge in [-0.1, -0.05) is 307 Å². The summed E-state index contributed by atoms with van der Waals surface area (Å²) in [6.45, 7) is 6.62. The van der Waals surface area contributed by atoms with Gasteiger partial charge in [-0.15, -0.1) is 0 Å². The van der Waals surface area contributed by atoms with Crippen LogP contribution in [0.15, 0.2) is 48.6 Å². The first-order valence-electron chi connectivity index (χ1n) is 33.6. The van der Waals surface area contributed by atoms with Crippen LogP contribution in [0, 0.1) is 0 Å². The molecule has 0 bridgehead atoms. The molecule has 0 amide bonds. The molecule has 1 atom stereocenters. The molecule has 0 aromatic carbocycles. The predicted octanol–water partition coefficient (Wildman–Crippen LogP) is 22.9. The Bertz CT molecular complexity index is 1310. The molecule has 0 spiro atoms. The summed E-state index contributed by atoms with van der Waals surface area (Å²) in [5.41, 5.74) is 0. The van der Waals surface area contributed by atoms with Gasteiger partial charge in [0.1, 0.15) is 13.2 Å². The van der Waals surface area contributed by atoms with Gasteiger partial charge in [0, 0.05) is 19.3 Å². The van der Waals surface area contributed by atoms with Crippen LogP contribution in [0.25, 0.3) is 0 Å². The first-order chi connectivity index (χ1) is 37.5. The summed E-state index contributed by atoms with van der Waals surface area (Å²) >= 11 is 0. The second kappa shape index (κ2) is 64.9. The maximum absolute atomic E-state index is 12.9. The van der Waals surface area contributed by atoms with Gasteiger partial charge >= 0.3 is 17.9 Å². The quantitative estimate of drug-likeness (QED) is 0.0261. The van der Waals surface area contributed by atoms with Crippen molar-refractivity contribution in [2.75, 3.05) is 13.2 Å². The van der Waals surface area contributed by atoms with Gasteiger partial charge in [-0.25, -0.2) is 0 Å². The number of ether oxygens (including phenoxy) is 3. The lowest BCUT2D eigenvalue weighted by Gasteiger charge is -2.18. The first kappa shape index (κ1) is 73.4. The van der Waals surface area contributed by atoms with Gasteiger partial charge < -0.3 is 14.2 Å². The highest BCUT2D eigenvalue weighted by atomic mass is 16.6. The maximum Gasteiger partial charge on any atom is 0.306 e. The van der Waals surface area contributed by atoms with Crippen molar-refractivity contribution in [3.05, 3.63) is 48.6 Å². The molecular weight excluding hydrogens is 937 g/mol. The van der Waals surface area contributed by atoms with Crippen LogP contribution >= 0.6 is 0 Å². The molecule has 0 aliphatic heterocycles. The summed E-state index contributed by atoms with van der Waals surface area (Å²) in [6, 6.07) is 0. The van der Waals surface area contributed by atoms with Crippen LogP contribution in [-0.4, -0.2) is 37.2 Å². The lowest BCUT2D eigenvalue weighted by atomic mass is 10.0. The van der Waals surface area contributed by atoms with Gasteiger partial charge in [-0.05, 0) is 83.5 Å². The zero-order valence-electron chi connectivity index (χ0n) is 51.0. The standard InChI is InChI=1S/C70H128O6/c1-4-7-10-13-16-18-20-22-24-26-28-30-32-34-35-37-38-40-42-44-46-48-50-52-54-57-60-63-69(72)75-66-67(65-74-68(71)62-59-56-15-12-9-6-3)76-70(73)64-61-58-55-53-51-49-47-45-43-41-39-36-33-31-29-27-25-23-21-19-17-14-11-8-5-2/h20,22,26-29,32,34,67H,4-19,21,23-25,30-31,33,35-66H2,1-3H3/b22-20-,28-26-,29-27-,34-32-. The molecule has 0 N–H and O–H groups in total. The molecule has 1 unspecified atom stereocenters. The van der Waals surface area contributed by atoms with E-state index in [2.05, 4.69) is 69.4 Å². The van der Waals surface area contributed by atoms with Crippen molar-refractivity contribution in [2.45, 2.75) is 367 Å². The van der Waals surface area contributed by atoms with E-state index in [-0.39, 0.29) is 31.1 Å². The summed E-state index contributed by atoms with van der Waals surface area (Å²) in [5, 5.41) is 0. The van der Waals surface area contributed by atoms with Crippen molar-refractivity contribution < 1.29 is 28.6 Å². The van der Waals surface area contributed by atoms with Crippen LogP contribution in [0.3, 0.4) is 0 Å². The summed E-state index contributed by atoms with van der Waals surface area (Å²) in [5.74, 6) is -0.863. The Morgan fingerprint density at radius 2 is 0.474 bits per heavy atom. The zero-order chi connectivity index (χ0) is 55.0. The Morgan fingerprint density at radius 1 is 0.263 bits per heavy atom. The van der Waals surface area contributed by atoms with E-state index in [9.17, 15) is 14.4 Å². The van der Waals surface area contributed by atoms with Crippen molar-refractivity contribution in [3.8, 4) is 0 Å². The van der Waals surface area contributed by atoms with Crippen molar-refractivity contribution in [1.82, 2.24) is 0 Å². The lowest BCUT2D eigenvalue weighted by Crippen LogP contribution is -2.30. The van der Waals surface area contributed by atoms with Crippen LogP contribution in [0.2, 0.25) is 0 Å². The third-order valence-corrected chi connectivity index (χ3v) is 15.1. The summed E-state index contributed by atoms with van der Waals surface area (Å²) in [4.78, 5) is 38.1. The van der Waals surface area contributed by atoms with Crippen molar-refractivity contribution in [3.63, 3.8) is 0 Å². The van der Waals surface area contributed by atoms with Gasteiger partial charge in [0.05, 0.1) is 0 Å². The third-order valence-electron chi connectivity index (χ3n) is 15.1. The van der Waals surface area contributed by atoms with Crippen molar-refractivity contribution in [2.24, 2.45) is 0 Å². The monoisotopic (exact) mass is 1060 g/mol. The van der Waals surface area contributed by atoms with E-state index in [1.807, 2.05) is 0 Å². The highest BCUT2D eigenvalue weighted by Crippen LogP contribution is 2.17. The molecule has 6 nitrogen and oxygen atoms in total. The minimum Gasteiger partial charge on any atom is -0.462 e. The van der Waals surface area contributed by atoms with E-state index in [4.69, 9.17) is 14.2 Å². The molecule has 76 heavy (non-hydrogen) atoms. The smallest absolute Gasteiger partial charge is 0.306 e. The van der Waals surface area contributed by atoms with Crippen LogP contribution in [0.5, 0.6) is 0 Å². The number of esters is 3. The number of allylic oxidation sites excluding steroid dienone is 8. The number of hydrogen-bond donors (Lipinski definition) is 0. The molecule has 0 saturated carbocycles. The van der Waals surface area contributed by atoms with Crippen molar-refractivity contribution in [1.29, 1.82) is 0 Å². The fourth-order valence-electron chi connectivity index (χ4n) is 9.98. The number of carbonyl (C=O) groups is 3. The SMILES string of the molecule is CCCCCCC/C=C\C/C=C\C/C=C\CCCCCCCCCCCCCCC(=O)OCC(COC(=O)CCCCCCCC)OC(=O)CCCCCCCCCCCCCCC/C=C\CCCCCCCCCC. The Hall–Kier alpha value is -2.63. The first-order valence-corrected chi connectivity index (χ1v) is 33.6. The molecule has 0 fully saturated rings. The van der Waals surface area contributed by atoms with E-state index in [1.54, 1.807) is 0 Å². The predicted molar refractivity (Wildman–Crippen MR) is 330 cm³/mol. The number of unbranched alkanes of at least 4 members (excludes halogenated alkanes) is 43. The van der Waals surface area contributed by atoms with Gasteiger partial charge in [0.15, 0.2) is 6.10 Å². The van der Waals surface area contributed by atoms with E-state index in [0.29, 0.717) is 19.3 Å². The molecule has 0 rings (SSSR count). The Kier molecular flexibility index (Phi) is 62.6. The van der Waals surface area contributed by atoms with Crippen LogP contribution in [-0.2, 0) is 28.6 Å². The summed E-state index contributed by atoms with van der Waals surface area (Å²) < 4.78 is 16.8. The highest BCUT2D eigenvalue weighted by Gasteiger charge is 2.19. The molecule has 0 saturated heterocycles. The van der Waals surface area contributed by atoms with Crippen LogP contribution in [0.4, 0.5) is 0 Å². The van der Waals surface area contributed by atoms with E-state index in [0.717, 1.165) is 70.6 Å². The third kappa shape index (κ3) is 62.2. The zero-order valence-corrected chi connectivity index (χ0v) is 51.0. The van der Waals surface area contributed by atoms with Crippen molar-refractivity contribution >= 4 is 17.9 Å². The van der Waals surface area contributed by atoms with Gasteiger partial charge in [-0.3, -0.25) is 14.4 Å². The van der Waals surface area contributed by atoms with Crippen LogP contribution < -0.4 is 0 Å². The largest absolute Gasteiger partial charge is 0.462 e. The molecule has 6 heteroatoms. The minimum absolute atomic E-state index is 0.0708. The van der Waals surface area contributed by atoms with E-state index >= 15 is 0 Å². The Labute approximate surface area is 473 Å². The second-order valence-electron chi connectivity index (χ2n) is 22.7. The van der Waals surface area contributed by atoms with Gasteiger partial charge in [-0.2, -0.15) is 0 Å². The summed E-state index contributed by atoms with van der Waals surface area (Å²) in [6.07, 6.45) is 81.7. The van der Waals surface area contributed by atoms with Gasteiger partial charge in [0.2, 0.25) is 0 Å². The molecule has 0 radical (unpaired) electrons. The molecule has 0 aromatic rings. The average Bonchev–Trinajstić information content (AvgIpc) is 3.42. The van der Waals surface area contributed by atoms with Crippen LogP contribution in [0.1, 0.15) is 361 Å². The number of carbonyl (C=O) groups excluding carboxylic acids is 3. The van der Waals surface area contributed by atoms with E-state index in [1.165, 1.54) is 250 Å². The normalized spacial score (nSPS) is 12.3. The molecule has 0 aliphatic carbocycles. The topological polar surface area (TPSA) is 78.9 Å².